The minimum Gasteiger partial charge on any atom is -0.493 e. The number of nitrogens with zero attached hydrogens (tertiary/aromatic N) is 4. The van der Waals surface area contributed by atoms with Gasteiger partial charge in [0.1, 0.15) is 0 Å². The monoisotopic (exact) mass is 525 g/mol. The van der Waals surface area contributed by atoms with Gasteiger partial charge >= 0.3 is 0 Å². The number of anilines is 1. The Balaban J connectivity index is 1.76. The number of benzene rings is 2. The van der Waals surface area contributed by atoms with Gasteiger partial charge in [0.15, 0.2) is 28.3 Å². The van der Waals surface area contributed by atoms with E-state index in [1.54, 1.807) is 54.6 Å². The molecule has 2 heterocycles. The molecule has 0 amide bonds. The molecular formula is C25H24ClN5O4S. The number of ether oxygens (including phenoxy) is 2. The van der Waals surface area contributed by atoms with Gasteiger partial charge in [0.2, 0.25) is 11.6 Å². The lowest BCUT2D eigenvalue weighted by Crippen LogP contribution is -2.16. The molecule has 186 valence electrons. The number of hydrogen-bond acceptors (Lipinski definition) is 8. The summed E-state index contributed by atoms with van der Waals surface area (Å²) >= 11 is 6.47. The third-order valence-corrected chi connectivity index (χ3v) is 6.59. The van der Waals surface area contributed by atoms with Crippen LogP contribution in [-0.4, -0.2) is 35.5 Å². The van der Waals surface area contributed by atoms with Crippen LogP contribution in [0.15, 0.2) is 71.9 Å². The summed E-state index contributed by atoms with van der Waals surface area (Å²) in [7, 11) is -2.57. The molecule has 0 aliphatic rings. The Morgan fingerprint density at radius 3 is 2.22 bits per heavy atom. The smallest absolute Gasteiger partial charge is 0.263 e. The molecule has 4 rings (SSSR count). The van der Waals surface area contributed by atoms with Gasteiger partial charge in [-0.25, -0.2) is 28.4 Å². The predicted molar refractivity (Wildman–Crippen MR) is 137 cm³/mol. The van der Waals surface area contributed by atoms with Crippen LogP contribution in [0.3, 0.4) is 0 Å². The van der Waals surface area contributed by atoms with E-state index < -0.39 is 10.0 Å². The molecule has 0 aliphatic carbocycles. The third kappa shape index (κ3) is 5.89. The Morgan fingerprint density at radius 2 is 1.58 bits per heavy atom. The molecular weight excluding hydrogens is 502 g/mol. The molecule has 0 aliphatic heterocycles. The summed E-state index contributed by atoms with van der Waals surface area (Å²) in [6.07, 6.45) is 3.87. The van der Waals surface area contributed by atoms with E-state index in [2.05, 4.69) is 38.5 Å². The highest BCUT2D eigenvalue weighted by molar-refractivity contribution is 7.92. The maximum absolute atomic E-state index is 13.3. The van der Waals surface area contributed by atoms with E-state index in [1.807, 2.05) is 0 Å². The fourth-order valence-corrected chi connectivity index (χ4v) is 4.59. The molecule has 36 heavy (non-hydrogen) atoms. The highest BCUT2D eigenvalue weighted by Crippen LogP contribution is 2.39. The van der Waals surface area contributed by atoms with Crippen LogP contribution in [0.25, 0.3) is 11.6 Å². The highest BCUT2D eigenvalue weighted by Gasteiger charge is 2.24. The average Bonchev–Trinajstić information content (AvgIpc) is 2.86. The van der Waals surface area contributed by atoms with Gasteiger partial charge < -0.3 is 9.47 Å². The number of halogens is 1. The van der Waals surface area contributed by atoms with Crippen molar-refractivity contribution in [2.24, 2.45) is 5.92 Å². The summed E-state index contributed by atoms with van der Waals surface area (Å²) in [5, 5.41) is -0.136. The molecule has 4 aromatic rings. The average molecular weight is 526 g/mol. The predicted octanol–water partition coefficient (Wildman–Crippen LogP) is 5.39. The van der Waals surface area contributed by atoms with Crippen molar-refractivity contribution in [1.82, 2.24) is 19.9 Å². The Hall–Kier alpha value is -3.76. The van der Waals surface area contributed by atoms with Crippen LogP contribution >= 0.6 is 11.6 Å². The van der Waals surface area contributed by atoms with Crippen molar-refractivity contribution >= 4 is 27.4 Å². The van der Waals surface area contributed by atoms with E-state index in [1.165, 1.54) is 19.5 Å². The van der Waals surface area contributed by atoms with E-state index in [0.717, 1.165) is 12.0 Å². The molecule has 0 radical (unpaired) electrons. The summed E-state index contributed by atoms with van der Waals surface area (Å²) < 4.78 is 40.4. The molecule has 0 saturated carbocycles. The van der Waals surface area contributed by atoms with Crippen LogP contribution in [0.5, 0.6) is 17.2 Å². The zero-order valence-electron chi connectivity index (χ0n) is 19.8. The molecule has 9 nitrogen and oxygen atoms in total. The lowest BCUT2D eigenvalue weighted by molar-refractivity contribution is 0.378. The molecule has 0 unspecified atom stereocenters. The number of para-hydroxylation sites is 2. The number of nitrogens with one attached hydrogen (secondary N) is 1. The lowest BCUT2D eigenvalue weighted by Gasteiger charge is -2.16. The Bertz CT molecular complexity index is 1450. The number of sulfonamides is 1. The fourth-order valence-electron chi connectivity index (χ4n) is 3.37. The van der Waals surface area contributed by atoms with E-state index >= 15 is 0 Å². The van der Waals surface area contributed by atoms with Crippen LogP contribution in [0.1, 0.15) is 19.4 Å². The van der Waals surface area contributed by atoms with Crippen LogP contribution in [0.2, 0.25) is 5.15 Å². The largest absolute Gasteiger partial charge is 0.493 e. The second kappa shape index (κ2) is 10.9. The summed E-state index contributed by atoms with van der Waals surface area (Å²) in [6, 6.07) is 15.2. The van der Waals surface area contributed by atoms with Crippen LogP contribution in [0.4, 0.5) is 5.82 Å². The summed E-state index contributed by atoms with van der Waals surface area (Å²) in [5.41, 5.74) is 1.04. The van der Waals surface area contributed by atoms with E-state index in [0.29, 0.717) is 17.4 Å². The van der Waals surface area contributed by atoms with E-state index in [4.69, 9.17) is 21.1 Å². The van der Waals surface area contributed by atoms with Crippen LogP contribution in [0, 0.1) is 5.92 Å². The first-order valence-corrected chi connectivity index (χ1v) is 12.9. The number of aromatic nitrogens is 4. The summed E-state index contributed by atoms with van der Waals surface area (Å²) in [6.45, 7) is 4.20. The maximum atomic E-state index is 13.3. The minimum absolute atomic E-state index is 0.0259. The van der Waals surface area contributed by atoms with E-state index in [-0.39, 0.29) is 33.3 Å². The summed E-state index contributed by atoms with van der Waals surface area (Å²) in [4.78, 5) is 16.9. The minimum atomic E-state index is -4.06. The van der Waals surface area contributed by atoms with Gasteiger partial charge in [-0.1, -0.05) is 49.7 Å². The summed E-state index contributed by atoms with van der Waals surface area (Å²) in [5.74, 6) is 1.09. The lowest BCUT2D eigenvalue weighted by atomic mass is 10.0. The zero-order valence-corrected chi connectivity index (χ0v) is 21.4. The molecule has 2 aromatic carbocycles. The van der Waals surface area contributed by atoms with Crippen molar-refractivity contribution in [3.8, 4) is 28.9 Å². The first-order chi connectivity index (χ1) is 17.3. The maximum Gasteiger partial charge on any atom is 0.263 e. The topological polar surface area (TPSA) is 116 Å². The van der Waals surface area contributed by atoms with Gasteiger partial charge in [-0.3, -0.25) is 4.72 Å². The first kappa shape index (κ1) is 25.3. The standard InChI is InChI=1S/C25H24ClN5O4S/c1-16(2)15-17-9-11-18(12-10-17)36(32,33)31-23-21(35-20-8-5-4-7-19(20)34-3)22(26)29-25(30-23)24-27-13-6-14-28-24/h4-14,16H,15H2,1-3H3,(H,29,30,31). The van der Waals surface area contributed by atoms with Crippen LogP contribution < -0.4 is 14.2 Å². The van der Waals surface area contributed by atoms with Gasteiger partial charge in [-0.2, -0.15) is 0 Å². The van der Waals surface area contributed by atoms with Crippen molar-refractivity contribution < 1.29 is 17.9 Å². The highest BCUT2D eigenvalue weighted by atomic mass is 35.5. The van der Waals surface area contributed by atoms with E-state index in [9.17, 15) is 8.42 Å². The van der Waals surface area contributed by atoms with Gasteiger partial charge in [-0.05, 0) is 48.2 Å². The molecule has 0 bridgehead atoms. The molecule has 0 fully saturated rings. The quantitative estimate of drug-likeness (QED) is 0.289. The van der Waals surface area contributed by atoms with Crippen molar-refractivity contribution in [3.05, 3.63) is 77.7 Å². The Kier molecular flexibility index (Phi) is 7.66. The molecule has 11 heteroatoms. The van der Waals surface area contributed by atoms with Crippen molar-refractivity contribution in [3.63, 3.8) is 0 Å². The second-order valence-corrected chi connectivity index (χ2v) is 10.2. The zero-order chi connectivity index (χ0) is 25.7. The molecule has 0 saturated heterocycles. The molecule has 0 atom stereocenters. The van der Waals surface area contributed by atoms with Crippen molar-refractivity contribution in [2.75, 3.05) is 11.8 Å². The van der Waals surface area contributed by atoms with Gasteiger partial charge in [0.25, 0.3) is 10.0 Å². The first-order valence-electron chi connectivity index (χ1n) is 11.0. The SMILES string of the molecule is COc1ccccc1Oc1c(Cl)nc(-c2ncccn2)nc1NS(=O)(=O)c1ccc(CC(C)C)cc1. The second-order valence-electron chi connectivity index (χ2n) is 8.19. The van der Waals surface area contributed by atoms with Gasteiger partial charge in [0, 0.05) is 12.4 Å². The fraction of sp³-hybridized carbons (Fsp3) is 0.200. The van der Waals surface area contributed by atoms with Gasteiger partial charge in [0.05, 0.1) is 12.0 Å². The third-order valence-electron chi connectivity index (χ3n) is 4.98. The van der Waals surface area contributed by atoms with Crippen molar-refractivity contribution in [2.45, 2.75) is 25.2 Å². The van der Waals surface area contributed by atoms with Crippen molar-refractivity contribution in [1.29, 1.82) is 0 Å². The number of methoxy groups -OCH3 is 1. The Morgan fingerprint density at radius 1 is 0.917 bits per heavy atom. The molecule has 2 aromatic heterocycles. The van der Waals surface area contributed by atoms with Crippen LogP contribution in [-0.2, 0) is 16.4 Å². The van der Waals surface area contributed by atoms with Gasteiger partial charge in [-0.15, -0.1) is 0 Å². The molecule has 0 spiro atoms. The number of rotatable bonds is 9. The Labute approximate surface area is 214 Å². The molecule has 1 N–H and O–H groups in total. The number of hydrogen-bond donors (Lipinski definition) is 1. The normalized spacial score (nSPS) is 11.4.